The molecule has 10 rings (SSSR count). The Labute approximate surface area is 313 Å². The predicted molar refractivity (Wildman–Crippen MR) is 224 cm³/mol. The van der Waals surface area contributed by atoms with Gasteiger partial charge in [-0.2, -0.15) is 0 Å². The summed E-state index contributed by atoms with van der Waals surface area (Å²) in [4.78, 5) is 0. The number of allylic oxidation sites excluding steroid dienone is 4. The molecule has 0 aromatic heterocycles. The maximum Gasteiger partial charge on any atom is 0.106 e. The Bertz CT molecular complexity index is 2070. The Morgan fingerprint density at radius 2 is 0.750 bits per heavy atom. The topological polar surface area (TPSA) is 0 Å². The van der Waals surface area contributed by atoms with E-state index in [0.29, 0.717) is 11.1 Å². The number of benzene rings is 6. The predicted octanol–water partition coefficient (Wildman–Crippen LogP) is 11.3. The van der Waals surface area contributed by atoms with Crippen LogP contribution in [0.3, 0.4) is 0 Å². The van der Waals surface area contributed by atoms with Crippen LogP contribution in [0.1, 0.15) is 73.0 Å². The lowest BCUT2D eigenvalue weighted by Crippen LogP contribution is -2.54. The van der Waals surface area contributed by atoms with Gasteiger partial charge in [-0.05, 0) is 50.1 Å². The van der Waals surface area contributed by atoms with Crippen LogP contribution in [0.4, 0.5) is 0 Å². The molecule has 3 radical (unpaired) electrons. The summed E-state index contributed by atoms with van der Waals surface area (Å²) in [6.07, 6.45) is 18.9. The number of hydrogen-bond donors (Lipinski definition) is 0. The van der Waals surface area contributed by atoms with Gasteiger partial charge in [-0.15, -0.1) is 0 Å². The first-order valence-electron chi connectivity index (χ1n) is 18.5. The largest absolute Gasteiger partial charge is 0.106 e. The molecule has 0 heterocycles. The third kappa shape index (κ3) is 5.32. The molecule has 0 amide bonds. The van der Waals surface area contributed by atoms with Crippen molar-refractivity contribution in [3.63, 3.8) is 0 Å². The van der Waals surface area contributed by atoms with Gasteiger partial charge in [-0.3, -0.25) is 0 Å². The van der Waals surface area contributed by atoms with Gasteiger partial charge >= 0.3 is 0 Å². The molecule has 0 spiro atoms. The van der Waals surface area contributed by atoms with E-state index >= 15 is 0 Å². The first-order valence-corrected chi connectivity index (χ1v) is 21.7. The molecule has 52 heavy (non-hydrogen) atoms. The third-order valence-electron chi connectivity index (χ3n) is 12.1. The molecule has 4 unspecified atom stereocenters. The second-order valence-electron chi connectivity index (χ2n) is 14.7. The van der Waals surface area contributed by atoms with Crippen LogP contribution in [-0.4, -0.2) is 18.3 Å². The Balaban J connectivity index is 0.000000138. The molecule has 6 aromatic carbocycles. The van der Waals surface area contributed by atoms with Gasteiger partial charge in [0.2, 0.25) is 0 Å². The van der Waals surface area contributed by atoms with Gasteiger partial charge in [-0.25, -0.2) is 0 Å². The highest BCUT2D eigenvalue weighted by Crippen LogP contribution is 2.53. The van der Waals surface area contributed by atoms with Crippen molar-refractivity contribution in [2.75, 3.05) is 0 Å². The lowest BCUT2D eigenvalue weighted by Gasteiger charge is -2.41. The van der Waals surface area contributed by atoms with E-state index in [9.17, 15) is 0 Å². The maximum atomic E-state index is 4.35. The highest BCUT2D eigenvalue weighted by Gasteiger charge is 2.48. The Morgan fingerprint density at radius 1 is 0.404 bits per heavy atom. The van der Waals surface area contributed by atoms with Crippen molar-refractivity contribution in [2.24, 2.45) is 0 Å². The van der Waals surface area contributed by atoms with Crippen molar-refractivity contribution in [3.8, 4) is 0 Å². The zero-order valence-electron chi connectivity index (χ0n) is 29.4. The molecule has 249 valence electrons. The molecular weight excluding hydrogens is 657 g/mol. The van der Waals surface area contributed by atoms with Crippen molar-refractivity contribution in [3.05, 3.63) is 232 Å². The van der Waals surface area contributed by atoms with Gasteiger partial charge in [0, 0.05) is 38.2 Å². The summed E-state index contributed by atoms with van der Waals surface area (Å²) in [5.41, 5.74) is 13.5. The van der Waals surface area contributed by atoms with Gasteiger partial charge < -0.3 is 0 Å². The van der Waals surface area contributed by atoms with E-state index in [1.165, 1.54) is 55.3 Å². The summed E-state index contributed by atoms with van der Waals surface area (Å²) in [6.45, 7) is 2.58. The van der Waals surface area contributed by atoms with Gasteiger partial charge in [0.25, 0.3) is 0 Å². The van der Waals surface area contributed by atoms with Gasteiger partial charge in [0.15, 0.2) is 0 Å². The number of fused-ring (bicyclic) bond motifs is 4. The first kappa shape index (κ1) is 32.6. The van der Waals surface area contributed by atoms with Crippen LogP contribution in [0.15, 0.2) is 182 Å². The third-order valence-corrected chi connectivity index (χ3v) is 18.2. The minimum absolute atomic E-state index is 0.229. The van der Waals surface area contributed by atoms with Crippen LogP contribution < -0.4 is 5.19 Å². The van der Waals surface area contributed by atoms with Crippen molar-refractivity contribution >= 4 is 47.8 Å². The lowest BCUT2D eigenvalue weighted by molar-refractivity contribution is 0.501. The molecule has 6 aromatic rings. The molecule has 0 saturated carbocycles. The minimum atomic E-state index is -1.94. The average molecular weight is 698 g/mol. The maximum absolute atomic E-state index is 4.35. The second-order valence-corrected chi connectivity index (χ2v) is 20.0. The zero-order chi connectivity index (χ0) is 35.1. The fourth-order valence-electron chi connectivity index (χ4n) is 9.45. The van der Waals surface area contributed by atoms with E-state index in [4.69, 9.17) is 0 Å². The van der Waals surface area contributed by atoms with Crippen molar-refractivity contribution in [1.29, 1.82) is 0 Å². The molecule has 0 fully saturated rings. The molecule has 0 N–H and O–H groups in total. The van der Waals surface area contributed by atoms with Crippen LogP contribution in [-0.2, 0) is 5.04 Å². The van der Waals surface area contributed by atoms with E-state index in [-0.39, 0.29) is 16.9 Å². The molecule has 0 bridgehead atoms. The molecule has 4 atom stereocenters. The van der Waals surface area contributed by atoms with Crippen molar-refractivity contribution in [1.82, 2.24) is 0 Å². The summed E-state index contributed by atoms with van der Waals surface area (Å²) in [7, 11) is 2.42. The van der Waals surface area contributed by atoms with Crippen LogP contribution in [0, 0.1) is 0 Å². The quantitative estimate of drug-likeness (QED) is 0.152. The second kappa shape index (κ2) is 13.4. The molecule has 0 nitrogen and oxygen atoms in total. The Hall–Kier alpha value is -5.29. The van der Waals surface area contributed by atoms with Crippen molar-refractivity contribution in [2.45, 2.75) is 34.5 Å². The fraction of sp³-hybridized carbons (Fsp3) is 0.120. The van der Waals surface area contributed by atoms with E-state index in [0.717, 1.165) is 0 Å². The highest BCUT2D eigenvalue weighted by molar-refractivity contribution is 6.94. The summed E-state index contributed by atoms with van der Waals surface area (Å²) in [5.74, 6) is 0.553. The summed E-state index contributed by atoms with van der Waals surface area (Å²) in [6, 6.07) is 57.5. The normalized spacial score (nSPS) is 22.0. The first-order chi connectivity index (χ1) is 25.6. The van der Waals surface area contributed by atoms with Crippen LogP contribution >= 0.6 is 0 Å². The van der Waals surface area contributed by atoms with Crippen molar-refractivity contribution < 1.29 is 0 Å². The molecule has 4 aliphatic rings. The zero-order valence-corrected chi connectivity index (χ0v) is 31.4. The van der Waals surface area contributed by atoms with Crippen LogP contribution in [0.25, 0.3) is 24.3 Å². The standard InChI is InChI=1S/C25H22Si.C25H19Si/c1-26(21-11-3-2-4-12-21,24-17-15-19-9-5-7-13-22(19)24)25-18-16-20-10-6-8-14-23(20)25;26-25(20-10-2-1-3-11-20,23-16-14-18-8-4-6-12-21(18)23)24-17-15-19-9-5-7-13-22(19)24/h2-18,24-25H,1H3;1-17,23-24H. The summed E-state index contributed by atoms with van der Waals surface area (Å²) >= 11 is 0. The SMILES string of the molecule is C[Si](c1ccccc1)(C1C=Cc2ccccc21)C1C=Cc2ccccc21.[Si]C(c1ccccc1)(C1C=Cc2ccccc21)C1C=Cc2ccccc21. The number of hydrogen-bond acceptors (Lipinski definition) is 0. The van der Waals surface area contributed by atoms with E-state index in [1.807, 2.05) is 0 Å². The molecular formula is C50H41Si2. The highest BCUT2D eigenvalue weighted by atomic mass is 28.3. The minimum Gasteiger partial charge on any atom is -0.0787 e. The Morgan fingerprint density at radius 3 is 1.21 bits per heavy atom. The van der Waals surface area contributed by atoms with Crippen LogP contribution in [0.2, 0.25) is 6.55 Å². The van der Waals surface area contributed by atoms with Gasteiger partial charge in [0.1, 0.15) is 8.07 Å². The smallest absolute Gasteiger partial charge is 0.0787 e. The fourth-order valence-corrected chi connectivity index (χ4v) is 15.0. The lowest BCUT2D eigenvalue weighted by atomic mass is 9.71. The summed E-state index contributed by atoms with van der Waals surface area (Å²) in [5, 5.41) is 1.31. The molecule has 2 heteroatoms. The van der Waals surface area contributed by atoms with E-state index in [1.54, 1.807) is 0 Å². The number of rotatable bonds is 6. The van der Waals surface area contributed by atoms with Crippen LogP contribution in [0.5, 0.6) is 0 Å². The van der Waals surface area contributed by atoms with Gasteiger partial charge in [0.05, 0.1) is 0 Å². The summed E-state index contributed by atoms with van der Waals surface area (Å²) < 4.78 is 0. The van der Waals surface area contributed by atoms with Gasteiger partial charge in [-0.1, -0.05) is 218 Å². The molecule has 4 aliphatic carbocycles. The van der Waals surface area contributed by atoms with E-state index in [2.05, 4.69) is 223 Å². The molecule has 0 saturated heterocycles. The average Bonchev–Trinajstić information content (AvgIpc) is 4.03. The Kier molecular flexibility index (Phi) is 8.38. The monoisotopic (exact) mass is 697 g/mol. The molecule has 0 aliphatic heterocycles. The van der Waals surface area contributed by atoms with E-state index < -0.39 is 8.07 Å².